The van der Waals surface area contributed by atoms with E-state index >= 15 is 0 Å². The van der Waals surface area contributed by atoms with Crippen LogP contribution in [0.1, 0.15) is 19.8 Å². The highest BCUT2D eigenvalue weighted by Crippen LogP contribution is 2.24. The lowest BCUT2D eigenvalue weighted by Gasteiger charge is -2.30. The van der Waals surface area contributed by atoms with Crippen LogP contribution >= 0.6 is 35.4 Å². The lowest BCUT2D eigenvalue weighted by atomic mass is 10.2. The number of thiocarbonyl (C=S) groups is 1. The van der Waals surface area contributed by atoms with E-state index in [0.29, 0.717) is 33.8 Å². The Bertz CT molecular complexity index is 645. The molecule has 1 saturated heterocycles. The molecule has 0 saturated carbocycles. The molecule has 1 fully saturated rings. The van der Waals surface area contributed by atoms with Crippen LogP contribution < -0.4 is 5.32 Å². The Labute approximate surface area is 146 Å². The Hall–Kier alpha value is -0.560. The SMILES string of the molecule is CCCN(C(=S)Nc1cc(Cl)cc(Cl)c1)[C@@H]1CCS(=O)(=O)C1. The minimum Gasteiger partial charge on any atom is -0.345 e. The maximum atomic E-state index is 11.7. The Morgan fingerprint density at radius 3 is 2.50 bits per heavy atom. The van der Waals surface area contributed by atoms with E-state index in [9.17, 15) is 8.42 Å². The van der Waals surface area contributed by atoms with Crippen LogP contribution in [-0.4, -0.2) is 42.5 Å². The molecule has 0 bridgehead atoms. The van der Waals surface area contributed by atoms with Gasteiger partial charge in [-0.05, 0) is 43.3 Å². The van der Waals surface area contributed by atoms with Gasteiger partial charge in [-0.3, -0.25) is 0 Å². The van der Waals surface area contributed by atoms with Crippen LogP contribution in [0.5, 0.6) is 0 Å². The highest BCUT2D eigenvalue weighted by Gasteiger charge is 2.33. The zero-order chi connectivity index (χ0) is 16.3. The van der Waals surface area contributed by atoms with E-state index in [1.165, 1.54) is 0 Å². The van der Waals surface area contributed by atoms with Gasteiger partial charge in [0.25, 0.3) is 0 Å². The van der Waals surface area contributed by atoms with E-state index in [0.717, 1.165) is 6.42 Å². The van der Waals surface area contributed by atoms with Gasteiger partial charge < -0.3 is 10.2 Å². The Balaban J connectivity index is 2.13. The summed E-state index contributed by atoms with van der Waals surface area (Å²) in [6.07, 6.45) is 1.50. The molecule has 1 atom stereocenters. The van der Waals surface area contributed by atoms with Gasteiger partial charge in [-0.1, -0.05) is 30.1 Å². The maximum absolute atomic E-state index is 11.7. The number of rotatable bonds is 4. The van der Waals surface area contributed by atoms with Crippen molar-refractivity contribution in [1.29, 1.82) is 0 Å². The van der Waals surface area contributed by atoms with Gasteiger partial charge in [-0.15, -0.1) is 0 Å². The molecule has 1 aromatic rings. The second-order valence-electron chi connectivity index (χ2n) is 5.34. The van der Waals surface area contributed by atoms with E-state index in [1.54, 1.807) is 18.2 Å². The summed E-state index contributed by atoms with van der Waals surface area (Å²) in [4.78, 5) is 1.95. The van der Waals surface area contributed by atoms with Gasteiger partial charge in [0.2, 0.25) is 0 Å². The van der Waals surface area contributed by atoms with Gasteiger partial charge in [0.05, 0.1) is 11.5 Å². The molecule has 1 aliphatic rings. The minimum atomic E-state index is -2.95. The fourth-order valence-electron chi connectivity index (χ4n) is 2.53. The Morgan fingerprint density at radius 1 is 1.36 bits per heavy atom. The zero-order valence-electron chi connectivity index (χ0n) is 12.2. The van der Waals surface area contributed by atoms with Crippen molar-refractivity contribution in [3.8, 4) is 0 Å². The molecule has 0 spiro atoms. The monoisotopic (exact) mass is 380 g/mol. The molecule has 4 nitrogen and oxygen atoms in total. The largest absolute Gasteiger partial charge is 0.345 e. The first-order valence-electron chi connectivity index (χ1n) is 7.05. The number of benzene rings is 1. The predicted molar refractivity (Wildman–Crippen MR) is 96.7 cm³/mol. The van der Waals surface area contributed by atoms with E-state index in [4.69, 9.17) is 35.4 Å². The van der Waals surface area contributed by atoms with E-state index < -0.39 is 9.84 Å². The fourth-order valence-corrected chi connectivity index (χ4v) is 5.15. The van der Waals surface area contributed by atoms with Crippen molar-refractivity contribution < 1.29 is 8.42 Å². The summed E-state index contributed by atoms with van der Waals surface area (Å²) in [5, 5.41) is 4.64. The number of anilines is 1. The van der Waals surface area contributed by atoms with Crippen molar-refractivity contribution >= 4 is 56.1 Å². The molecule has 1 aromatic carbocycles. The summed E-state index contributed by atoms with van der Waals surface area (Å²) < 4.78 is 23.4. The van der Waals surface area contributed by atoms with Gasteiger partial charge in [0.15, 0.2) is 14.9 Å². The summed E-state index contributed by atoms with van der Waals surface area (Å²) in [5.74, 6) is 0.384. The summed E-state index contributed by atoms with van der Waals surface area (Å²) in [7, 11) is -2.95. The second-order valence-corrected chi connectivity index (χ2v) is 8.83. The molecule has 0 amide bonds. The zero-order valence-corrected chi connectivity index (χ0v) is 15.3. The maximum Gasteiger partial charge on any atom is 0.173 e. The molecule has 0 unspecified atom stereocenters. The van der Waals surface area contributed by atoms with Crippen molar-refractivity contribution in [2.75, 3.05) is 23.4 Å². The van der Waals surface area contributed by atoms with E-state index in [-0.39, 0.29) is 17.5 Å². The van der Waals surface area contributed by atoms with E-state index in [2.05, 4.69) is 5.32 Å². The van der Waals surface area contributed by atoms with Gasteiger partial charge in [-0.2, -0.15) is 0 Å². The topological polar surface area (TPSA) is 49.4 Å². The van der Waals surface area contributed by atoms with Crippen LogP contribution in [0, 0.1) is 0 Å². The predicted octanol–water partition coefficient (Wildman–Crippen LogP) is 3.59. The third-order valence-electron chi connectivity index (χ3n) is 3.49. The molecular formula is C14H18Cl2N2O2S2. The van der Waals surface area contributed by atoms with Gasteiger partial charge in [-0.25, -0.2) is 8.42 Å². The smallest absolute Gasteiger partial charge is 0.173 e. The summed E-state index contributed by atoms with van der Waals surface area (Å²) in [5.41, 5.74) is 0.699. The third kappa shape index (κ3) is 4.72. The van der Waals surface area contributed by atoms with Gasteiger partial charge in [0.1, 0.15) is 0 Å². The number of nitrogens with zero attached hydrogens (tertiary/aromatic N) is 1. The van der Waals surface area contributed by atoms with Crippen LogP contribution in [0.2, 0.25) is 10.0 Å². The number of nitrogens with one attached hydrogen (secondary N) is 1. The highest BCUT2D eigenvalue weighted by atomic mass is 35.5. The molecule has 22 heavy (non-hydrogen) atoms. The standard InChI is InChI=1S/C14H18Cl2N2O2S2/c1-2-4-18(13-3-5-22(19,20)9-13)14(21)17-12-7-10(15)6-11(16)8-12/h6-8,13H,2-5,9H2,1H3,(H,17,21)/t13-/m1/s1. The molecule has 8 heteroatoms. The Kier molecular flexibility index (Phi) is 5.94. The summed E-state index contributed by atoms with van der Waals surface area (Å²) in [6, 6.07) is 5.04. The first-order chi connectivity index (χ1) is 10.3. The van der Waals surface area contributed by atoms with Crippen molar-refractivity contribution in [2.45, 2.75) is 25.8 Å². The highest BCUT2D eigenvalue weighted by molar-refractivity contribution is 7.91. The van der Waals surface area contributed by atoms with Crippen molar-refractivity contribution in [1.82, 2.24) is 4.90 Å². The van der Waals surface area contributed by atoms with Crippen LogP contribution in [0.4, 0.5) is 5.69 Å². The van der Waals surface area contributed by atoms with E-state index in [1.807, 2.05) is 11.8 Å². The molecule has 0 aliphatic carbocycles. The summed E-state index contributed by atoms with van der Waals surface area (Å²) >= 11 is 17.4. The quantitative estimate of drug-likeness (QED) is 0.808. The molecule has 0 radical (unpaired) electrons. The van der Waals surface area contributed by atoms with Crippen LogP contribution in [0.15, 0.2) is 18.2 Å². The molecule has 1 aliphatic heterocycles. The minimum absolute atomic E-state index is 0.0698. The lowest BCUT2D eigenvalue weighted by Crippen LogP contribution is -2.43. The second kappa shape index (κ2) is 7.34. The van der Waals surface area contributed by atoms with Gasteiger partial charge >= 0.3 is 0 Å². The number of halogens is 2. The van der Waals surface area contributed by atoms with Crippen molar-refractivity contribution in [3.05, 3.63) is 28.2 Å². The van der Waals surface area contributed by atoms with Crippen LogP contribution in [0.25, 0.3) is 0 Å². The van der Waals surface area contributed by atoms with Crippen molar-refractivity contribution in [3.63, 3.8) is 0 Å². The molecule has 1 N–H and O–H groups in total. The lowest BCUT2D eigenvalue weighted by molar-refractivity contribution is 0.339. The first kappa shape index (κ1) is 17.8. The number of hydrogen-bond acceptors (Lipinski definition) is 3. The average molecular weight is 381 g/mol. The normalized spacial score (nSPS) is 19.9. The summed E-state index contributed by atoms with van der Waals surface area (Å²) in [6.45, 7) is 2.75. The average Bonchev–Trinajstić information content (AvgIpc) is 2.74. The molecule has 122 valence electrons. The Morgan fingerprint density at radius 2 is 2.00 bits per heavy atom. The van der Waals surface area contributed by atoms with Crippen LogP contribution in [-0.2, 0) is 9.84 Å². The number of sulfone groups is 1. The third-order valence-corrected chi connectivity index (χ3v) is 6.01. The number of hydrogen-bond donors (Lipinski definition) is 1. The fraction of sp³-hybridized carbons (Fsp3) is 0.500. The molecule has 2 rings (SSSR count). The first-order valence-corrected chi connectivity index (χ1v) is 10.0. The molecule has 1 heterocycles. The van der Waals surface area contributed by atoms with Crippen molar-refractivity contribution in [2.24, 2.45) is 0 Å². The molecule has 0 aromatic heterocycles. The van der Waals surface area contributed by atoms with Crippen LogP contribution in [0.3, 0.4) is 0 Å². The van der Waals surface area contributed by atoms with Gasteiger partial charge in [0, 0.05) is 28.3 Å². The molecular weight excluding hydrogens is 363 g/mol.